The Labute approximate surface area is 132 Å². The molecule has 0 radical (unpaired) electrons. The molecule has 0 saturated heterocycles. The van der Waals surface area contributed by atoms with Crippen molar-refractivity contribution in [1.29, 1.82) is 0 Å². The summed E-state index contributed by atoms with van der Waals surface area (Å²) in [6.07, 6.45) is 12.3. The monoisotopic (exact) mass is 314 g/mol. The van der Waals surface area contributed by atoms with Crippen LogP contribution in [-0.2, 0) is 4.79 Å². The summed E-state index contributed by atoms with van der Waals surface area (Å²) in [4.78, 5) is 18.7. The molecule has 128 valence electrons. The summed E-state index contributed by atoms with van der Waals surface area (Å²) in [5.74, 6) is 1.60. The van der Waals surface area contributed by atoms with Crippen molar-refractivity contribution in [2.75, 3.05) is 7.05 Å². The first kappa shape index (κ1) is 18.9. The van der Waals surface area contributed by atoms with Crippen molar-refractivity contribution < 1.29 is 14.8 Å². The van der Waals surface area contributed by atoms with Gasteiger partial charge in [-0.05, 0) is 43.4 Å². The molecule has 0 amide bonds. The number of rotatable bonds is 2. The molecule has 22 heavy (non-hydrogen) atoms. The van der Waals surface area contributed by atoms with E-state index in [4.69, 9.17) is 21.0 Å². The molecule has 3 unspecified atom stereocenters. The van der Waals surface area contributed by atoms with Crippen molar-refractivity contribution in [3.8, 4) is 0 Å². The minimum Gasteiger partial charge on any atom is -0.481 e. The van der Waals surface area contributed by atoms with Gasteiger partial charge in [-0.1, -0.05) is 32.1 Å². The third-order valence-corrected chi connectivity index (χ3v) is 5.02. The molecule has 0 aliphatic heterocycles. The maximum Gasteiger partial charge on any atom is 0.303 e. The molecular formula is C16H30N2O4. The molecule has 0 aromatic rings. The van der Waals surface area contributed by atoms with Crippen LogP contribution in [0.2, 0.25) is 0 Å². The summed E-state index contributed by atoms with van der Waals surface area (Å²) in [6, 6.07) is 0.536. The molecule has 3 saturated carbocycles. The molecule has 0 bridgehead atoms. The molecule has 3 N–H and O–H groups in total. The lowest BCUT2D eigenvalue weighted by Gasteiger charge is -2.39. The number of carboxylic acids is 1. The van der Waals surface area contributed by atoms with Gasteiger partial charge in [0.2, 0.25) is 0 Å². The lowest BCUT2D eigenvalue weighted by molar-refractivity contribution is -0.445. The lowest BCUT2D eigenvalue weighted by Crippen LogP contribution is -2.33. The van der Waals surface area contributed by atoms with Gasteiger partial charge < -0.3 is 10.8 Å². The summed E-state index contributed by atoms with van der Waals surface area (Å²) >= 11 is 0. The summed E-state index contributed by atoms with van der Waals surface area (Å²) in [6.45, 7) is 0. The van der Waals surface area contributed by atoms with Gasteiger partial charge in [-0.2, -0.15) is 0 Å². The molecule has 6 nitrogen and oxygen atoms in total. The Morgan fingerprint density at radius 2 is 1.77 bits per heavy atom. The number of hydrogen-bond donors (Lipinski definition) is 2. The first-order chi connectivity index (χ1) is 10.4. The van der Waals surface area contributed by atoms with Gasteiger partial charge >= 0.3 is 5.97 Å². The number of fused-ring (bicyclic) bond motifs is 1. The van der Waals surface area contributed by atoms with Crippen LogP contribution in [0.25, 0.3) is 0 Å². The molecule has 3 atom stereocenters. The maximum absolute atomic E-state index is 10.4. The molecule has 0 aromatic heterocycles. The summed E-state index contributed by atoms with van der Waals surface area (Å²) in [5, 5.41) is 17.4. The summed E-state index contributed by atoms with van der Waals surface area (Å²) in [7, 11) is 0.889. The van der Waals surface area contributed by atoms with Crippen LogP contribution in [0.3, 0.4) is 0 Å². The summed E-state index contributed by atoms with van der Waals surface area (Å²) in [5.41, 5.74) is 5.63. The quantitative estimate of drug-likeness (QED) is 0.601. The Hall–Kier alpha value is -1.17. The fourth-order valence-electron chi connectivity index (χ4n) is 3.94. The van der Waals surface area contributed by atoms with E-state index in [0.29, 0.717) is 18.4 Å². The van der Waals surface area contributed by atoms with Gasteiger partial charge in [-0.15, -0.1) is 0 Å². The topological polar surface area (TPSA) is 106 Å². The van der Waals surface area contributed by atoms with Crippen molar-refractivity contribution in [2.45, 2.75) is 70.3 Å². The zero-order valence-corrected chi connectivity index (χ0v) is 13.6. The highest BCUT2D eigenvalue weighted by Gasteiger charge is 2.43. The Bertz CT molecular complexity index is 352. The molecule has 6 heteroatoms. The van der Waals surface area contributed by atoms with E-state index in [9.17, 15) is 4.79 Å². The largest absolute Gasteiger partial charge is 0.481 e. The van der Waals surface area contributed by atoms with Crippen LogP contribution in [0, 0.1) is 27.9 Å². The highest BCUT2D eigenvalue weighted by Crippen LogP contribution is 2.52. The van der Waals surface area contributed by atoms with Crippen LogP contribution in [0.5, 0.6) is 0 Å². The molecular weight excluding hydrogens is 284 g/mol. The average Bonchev–Trinajstić information content (AvgIpc) is 2.78. The highest BCUT2D eigenvalue weighted by atomic mass is 16.6. The van der Waals surface area contributed by atoms with E-state index >= 15 is 0 Å². The van der Waals surface area contributed by atoms with E-state index in [1.54, 1.807) is 0 Å². The van der Waals surface area contributed by atoms with Gasteiger partial charge in [-0.25, -0.2) is 0 Å². The smallest absolute Gasteiger partial charge is 0.303 e. The predicted molar refractivity (Wildman–Crippen MR) is 85.2 cm³/mol. The lowest BCUT2D eigenvalue weighted by atomic mass is 9.65. The number of carboxylic acid groups (broad SMARTS) is 1. The minimum absolute atomic E-state index is 0.418. The van der Waals surface area contributed by atoms with Crippen LogP contribution in [-0.4, -0.2) is 29.1 Å². The van der Waals surface area contributed by atoms with Crippen molar-refractivity contribution in [3.63, 3.8) is 0 Å². The highest BCUT2D eigenvalue weighted by molar-refractivity contribution is 5.67. The second-order valence-electron chi connectivity index (χ2n) is 6.79. The second-order valence-corrected chi connectivity index (χ2v) is 6.79. The molecule has 3 rings (SSSR count). The van der Waals surface area contributed by atoms with E-state index in [-0.39, 0.29) is 0 Å². The molecule has 0 aromatic carbocycles. The third-order valence-electron chi connectivity index (χ3n) is 5.02. The number of hydrogen-bond acceptors (Lipinski definition) is 4. The molecule has 3 aliphatic carbocycles. The van der Waals surface area contributed by atoms with E-state index < -0.39 is 10.9 Å². The number of nitro groups is 1. The Morgan fingerprint density at radius 1 is 1.18 bits per heavy atom. The van der Waals surface area contributed by atoms with E-state index in [1.165, 1.54) is 57.8 Å². The van der Waals surface area contributed by atoms with Gasteiger partial charge in [0.15, 0.2) is 7.05 Å². The average molecular weight is 314 g/mol. The van der Waals surface area contributed by atoms with Gasteiger partial charge in [0.05, 0.1) is 0 Å². The summed E-state index contributed by atoms with van der Waals surface area (Å²) < 4.78 is 0. The van der Waals surface area contributed by atoms with Crippen LogP contribution < -0.4 is 5.73 Å². The van der Waals surface area contributed by atoms with Crippen LogP contribution in [0.1, 0.15) is 64.2 Å². The maximum atomic E-state index is 10.4. The Kier molecular flexibility index (Phi) is 8.38. The van der Waals surface area contributed by atoms with Crippen molar-refractivity contribution in [3.05, 3.63) is 10.1 Å². The Morgan fingerprint density at radius 3 is 2.18 bits per heavy atom. The van der Waals surface area contributed by atoms with Gasteiger partial charge in [-0.3, -0.25) is 14.9 Å². The zero-order chi connectivity index (χ0) is 16.5. The second kappa shape index (κ2) is 9.77. The van der Waals surface area contributed by atoms with Crippen LogP contribution in [0.15, 0.2) is 0 Å². The van der Waals surface area contributed by atoms with E-state index in [0.717, 1.165) is 18.9 Å². The van der Waals surface area contributed by atoms with Crippen molar-refractivity contribution >= 4 is 5.97 Å². The number of nitrogens with two attached hydrogens (primary N) is 1. The molecule has 0 spiro atoms. The first-order valence-electron chi connectivity index (χ1n) is 8.45. The minimum atomic E-state index is -0.611. The number of nitrogens with zero attached hydrogens (tertiary/aromatic N) is 1. The van der Waals surface area contributed by atoms with Gasteiger partial charge in [0.1, 0.15) is 0 Å². The van der Waals surface area contributed by atoms with Gasteiger partial charge in [0.25, 0.3) is 0 Å². The normalized spacial score (nSPS) is 29.8. The molecule has 3 aliphatic rings. The number of carbonyl (C=O) groups is 1. The Balaban J connectivity index is 0.000000190. The molecule has 3 fully saturated rings. The predicted octanol–water partition coefficient (Wildman–Crippen LogP) is 3.07. The van der Waals surface area contributed by atoms with E-state index in [2.05, 4.69) is 0 Å². The van der Waals surface area contributed by atoms with Gasteiger partial charge in [0, 0.05) is 17.4 Å². The first-order valence-corrected chi connectivity index (χ1v) is 8.45. The fourth-order valence-corrected chi connectivity index (χ4v) is 3.94. The van der Waals surface area contributed by atoms with Crippen molar-refractivity contribution in [2.24, 2.45) is 23.5 Å². The third kappa shape index (κ3) is 7.20. The molecule has 0 heterocycles. The standard InChI is InChI=1S/C9H14O2.C6H13N.CH3NO2/c10-9(11)5-7-4-6-2-1-3-8(6)7;7-6-4-2-1-3-5-6;1-2(3)4/h6-8H,1-5H2,(H,10,11);6H,1-5,7H2;1H3. The SMILES string of the molecule is C[N+](=O)[O-].NC1CCCCC1.O=C(O)CC1CC2CCCC21. The van der Waals surface area contributed by atoms with E-state index in [1.807, 2.05) is 0 Å². The fraction of sp³-hybridized carbons (Fsp3) is 0.938. The van der Waals surface area contributed by atoms with Crippen LogP contribution >= 0.6 is 0 Å². The van der Waals surface area contributed by atoms with Crippen molar-refractivity contribution in [1.82, 2.24) is 0 Å². The van der Waals surface area contributed by atoms with Crippen LogP contribution in [0.4, 0.5) is 0 Å². The number of aliphatic carboxylic acids is 1. The zero-order valence-electron chi connectivity index (χ0n) is 13.6.